The van der Waals surface area contributed by atoms with Crippen molar-refractivity contribution in [1.29, 1.82) is 0 Å². The van der Waals surface area contributed by atoms with Gasteiger partial charge in [-0.3, -0.25) is 14.5 Å². The van der Waals surface area contributed by atoms with Crippen LogP contribution in [0.3, 0.4) is 0 Å². The Morgan fingerprint density at radius 1 is 0.889 bits per heavy atom. The molecule has 2 amide bonds. The van der Waals surface area contributed by atoms with Gasteiger partial charge in [0.25, 0.3) is 0 Å². The summed E-state index contributed by atoms with van der Waals surface area (Å²) >= 11 is 0. The molecule has 1 aliphatic heterocycles. The fourth-order valence-corrected chi connectivity index (χ4v) is 4.83. The van der Waals surface area contributed by atoms with E-state index in [1.807, 2.05) is 49.4 Å². The summed E-state index contributed by atoms with van der Waals surface area (Å²) in [6.07, 6.45) is 5.10. The molecule has 1 saturated carbocycles. The molecule has 0 spiro atoms. The van der Waals surface area contributed by atoms with Crippen LogP contribution >= 0.6 is 0 Å². The van der Waals surface area contributed by atoms with E-state index in [4.69, 9.17) is 4.74 Å². The highest BCUT2D eigenvalue weighted by Gasteiger charge is 2.59. The maximum Gasteiger partial charge on any atom is 0.238 e. The van der Waals surface area contributed by atoms with Crippen molar-refractivity contribution in [1.82, 2.24) is 0 Å². The van der Waals surface area contributed by atoms with Gasteiger partial charge in [-0.15, -0.1) is 0 Å². The number of hydrogen-bond acceptors (Lipinski definition) is 3. The van der Waals surface area contributed by atoms with Crippen LogP contribution in [0.5, 0.6) is 5.75 Å². The van der Waals surface area contributed by atoms with Crippen LogP contribution in [-0.4, -0.2) is 11.8 Å². The number of nitrogens with zero attached hydrogens (tertiary/aromatic N) is 1. The Kier molecular flexibility index (Phi) is 3.67. The number of imide groups is 1. The zero-order valence-electron chi connectivity index (χ0n) is 15.1. The molecule has 2 aliphatic carbocycles. The van der Waals surface area contributed by atoms with E-state index in [9.17, 15) is 9.59 Å². The van der Waals surface area contributed by atoms with Gasteiger partial charge in [0.1, 0.15) is 11.9 Å². The Bertz CT molecular complexity index is 888. The van der Waals surface area contributed by atoms with Gasteiger partial charge in [-0.2, -0.15) is 0 Å². The molecule has 2 aromatic rings. The van der Waals surface area contributed by atoms with Crippen molar-refractivity contribution in [2.45, 2.75) is 19.4 Å². The van der Waals surface area contributed by atoms with Crippen LogP contribution in [0.25, 0.3) is 0 Å². The molecule has 4 heteroatoms. The number of carbonyl (C=O) groups excluding carboxylic acids is 2. The Morgan fingerprint density at radius 2 is 1.48 bits per heavy atom. The number of benzene rings is 2. The van der Waals surface area contributed by atoms with Gasteiger partial charge in [-0.25, -0.2) is 0 Å². The summed E-state index contributed by atoms with van der Waals surface area (Å²) in [5.41, 5.74) is 1.74. The van der Waals surface area contributed by atoms with E-state index in [-0.39, 0.29) is 41.6 Å². The van der Waals surface area contributed by atoms with Gasteiger partial charge in [0.15, 0.2) is 0 Å². The highest BCUT2D eigenvalue weighted by atomic mass is 16.5. The molecular formula is C23H21NO3. The molecule has 3 aliphatic rings. The van der Waals surface area contributed by atoms with Gasteiger partial charge in [-0.1, -0.05) is 42.5 Å². The molecule has 0 aromatic heterocycles. The highest BCUT2D eigenvalue weighted by molar-refractivity contribution is 6.22. The van der Waals surface area contributed by atoms with E-state index < -0.39 is 0 Å². The molecule has 1 saturated heterocycles. The van der Waals surface area contributed by atoms with Crippen molar-refractivity contribution in [3.8, 4) is 5.75 Å². The molecule has 0 N–H and O–H groups in total. The van der Waals surface area contributed by atoms with Crippen molar-refractivity contribution >= 4 is 17.5 Å². The summed E-state index contributed by atoms with van der Waals surface area (Å²) in [4.78, 5) is 27.1. The van der Waals surface area contributed by atoms with E-state index in [1.54, 1.807) is 12.1 Å². The Balaban J connectivity index is 1.34. The summed E-state index contributed by atoms with van der Waals surface area (Å²) in [6, 6.07) is 17.3. The highest BCUT2D eigenvalue weighted by Crippen LogP contribution is 2.53. The summed E-state index contributed by atoms with van der Waals surface area (Å²) < 4.78 is 5.99. The molecule has 136 valence electrons. The first-order valence-corrected chi connectivity index (χ1v) is 9.51. The predicted octanol–water partition coefficient (Wildman–Crippen LogP) is 4.14. The summed E-state index contributed by atoms with van der Waals surface area (Å²) in [7, 11) is 0. The Hall–Kier alpha value is -2.88. The molecule has 27 heavy (non-hydrogen) atoms. The second-order valence-electron chi connectivity index (χ2n) is 7.68. The maximum atomic E-state index is 12.9. The third-order valence-electron chi connectivity index (χ3n) is 6.15. The van der Waals surface area contributed by atoms with Crippen LogP contribution in [0, 0.1) is 23.7 Å². The fourth-order valence-electron chi connectivity index (χ4n) is 4.83. The number of ether oxygens (including phenoxy) is 1. The normalized spacial score (nSPS) is 29.3. The third-order valence-corrected chi connectivity index (χ3v) is 6.15. The van der Waals surface area contributed by atoms with E-state index in [0.29, 0.717) is 5.69 Å². The molecule has 0 radical (unpaired) electrons. The second kappa shape index (κ2) is 6.08. The average molecular weight is 359 g/mol. The average Bonchev–Trinajstić information content (AvgIpc) is 3.37. The van der Waals surface area contributed by atoms with Crippen molar-refractivity contribution in [3.63, 3.8) is 0 Å². The predicted molar refractivity (Wildman–Crippen MR) is 102 cm³/mol. The molecular weight excluding hydrogens is 338 g/mol. The number of allylic oxidation sites excluding steroid dienone is 2. The minimum absolute atomic E-state index is 0.0480. The summed E-state index contributed by atoms with van der Waals surface area (Å²) in [5, 5.41) is 0. The monoisotopic (exact) mass is 359 g/mol. The first-order chi connectivity index (χ1) is 13.1. The molecule has 1 heterocycles. The first-order valence-electron chi connectivity index (χ1n) is 9.51. The van der Waals surface area contributed by atoms with Gasteiger partial charge in [0, 0.05) is 0 Å². The Labute approximate surface area is 158 Å². The van der Waals surface area contributed by atoms with Gasteiger partial charge in [0.2, 0.25) is 11.8 Å². The zero-order valence-corrected chi connectivity index (χ0v) is 15.1. The number of anilines is 1. The lowest BCUT2D eigenvalue weighted by molar-refractivity contribution is -0.123. The first kappa shape index (κ1) is 16.3. The van der Waals surface area contributed by atoms with Crippen LogP contribution in [0.4, 0.5) is 5.69 Å². The lowest BCUT2D eigenvalue weighted by Gasteiger charge is -2.19. The van der Waals surface area contributed by atoms with Gasteiger partial charge >= 0.3 is 0 Å². The van der Waals surface area contributed by atoms with Crippen molar-refractivity contribution in [2.75, 3.05) is 4.90 Å². The fraction of sp³-hybridized carbons (Fsp3) is 0.304. The van der Waals surface area contributed by atoms with E-state index >= 15 is 0 Å². The maximum absolute atomic E-state index is 12.9. The minimum Gasteiger partial charge on any atom is -0.486 e. The smallest absolute Gasteiger partial charge is 0.238 e. The molecule has 4 nitrogen and oxygen atoms in total. The number of amides is 2. The van der Waals surface area contributed by atoms with Crippen LogP contribution in [0.2, 0.25) is 0 Å². The summed E-state index contributed by atoms with van der Waals surface area (Å²) in [6.45, 7) is 2.00. The van der Waals surface area contributed by atoms with Crippen LogP contribution in [-0.2, 0) is 9.59 Å². The number of carbonyl (C=O) groups is 2. The molecule has 5 rings (SSSR count). The molecule has 0 unspecified atom stereocenters. The summed E-state index contributed by atoms with van der Waals surface area (Å²) in [5.74, 6) is 0.757. The third kappa shape index (κ3) is 2.51. The Morgan fingerprint density at radius 3 is 2.07 bits per heavy atom. The quantitative estimate of drug-likeness (QED) is 0.609. The number of fused-ring (bicyclic) bond motifs is 5. The lowest BCUT2D eigenvalue weighted by atomic mass is 9.85. The van der Waals surface area contributed by atoms with Gasteiger partial charge in [-0.05, 0) is 55.0 Å². The van der Waals surface area contributed by atoms with Crippen molar-refractivity contribution < 1.29 is 14.3 Å². The van der Waals surface area contributed by atoms with Crippen molar-refractivity contribution in [3.05, 3.63) is 72.3 Å². The molecule has 2 aromatic carbocycles. The van der Waals surface area contributed by atoms with Gasteiger partial charge < -0.3 is 4.74 Å². The second-order valence-corrected chi connectivity index (χ2v) is 7.68. The van der Waals surface area contributed by atoms with Gasteiger partial charge in [0.05, 0.1) is 17.5 Å². The van der Waals surface area contributed by atoms with E-state index in [0.717, 1.165) is 17.7 Å². The van der Waals surface area contributed by atoms with Crippen LogP contribution in [0.1, 0.15) is 25.0 Å². The largest absolute Gasteiger partial charge is 0.486 e. The topological polar surface area (TPSA) is 46.6 Å². The van der Waals surface area contributed by atoms with Crippen LogP contribution in [0.15, 0.2) is 66.7 Å². The molecule has 5 atom stereocenters. The zero-order chi connectivity index (χ0) is 18.5. The molecule has 2 bridgehead atoms. The minimum atomic E-state index is -0.165. The lowest BCUT2D eigenvalue weighted by Crippen LogP contribution is -2.32. The molecule has 2 fully saturated rings. The number of hydrogen-bond donors (Lipinski definition) is 0. The van der Waals surface area contributed by atoms with E-state index in [1.165, 1.54) is 4.90 Å². The van der Waals surface area contributed by atoms with Crippen LogP contribution < -0.4 is 9.64 Å². The standard InChI is InChI=1S/C23H21NO3/c1-14(15-5-3-2-4-6-15)27-19-11-9-18(10-12-19)24-22(25)20-16-7-8-17(13-16)21(20)23(24)26/h2-12,14,16-17,20-21H,13H2,1H3/t14-,16-,17+,20-,21+/m1/s1. The van der Waals surface area contributed by atoms with Crippen molar-refractivity contribution in [2.24, 2.45) is 23.7 Å². The SMILES string of the molecule is C[C@@H](Oc1ccc(N2C(=O)[C@@H]3[C@H](C2=O)[C@@H]2C=C[C@H]3C2)cc1)c1ccccc1. The van der Waals surface area contributed by atoms with E-state index in [2.05, 4.69) is 12.2 Å². The number of rotatable bonds is 4.